The molecule has 0 bridgehead atoms. The molecule has 0 atom stereocenters. The molecule has 1 aromatic heterocycles. The minimum atomic E-state index is -4.34. The predicted octanol–water partition coefficient (Wildman–Crippen LogP) is 2.36. The molecule has 0 saturated heterocycles. The summed E-state index contributed by atoms with van der Waals surface area (Å²) >= 11 is 2.92. The second-order valence-electron chi connectivity index (χ2n) is 2.71. The smallest absolute Gasteiger partial charge is 0.330 e. The molecular formula is C8H8BrF3N2. The zero-order chi connectivity index (χ0) is 10.8. The van der Waals surface area contributed by atoms with Gasteiger partial charge in [-0.2, -0.15) is 13.2 Å². The van der Waals surface area contributed by atoms with Crippen LogP contribution < -0.4 is 5.73 Å². The monoisotopic (exact) mass is 268 g/mol. The number of nitrogens with zero attached hydrogens (tertiary/aromatic N) is 1. The number of halogens is 4. The Morgan fingerprint density at radius 3 is 2.50 bits per heavy atom. The van der Waals surface area contributed by atoms with E-state index >= 15 is 0 Å². The topological polar surface area (TPSA) is 38.9 Å². The SMILES string of the molecule is NCCc1cc(C(F)(F)F)cc(Br)n1. The third kappa shape index (κ3) is 2.95. The van der Waals surface area contributed by atoms with Crippen molar-refractivity contribution >= 4 is 15.9 Å². The highest BCUT2D eigenvalue weighted by atomic mass is 79.9. The van der Waals surface area contributed by atoms with Gasteiger partial charge in [-0.25, -0.2) is 4.98 Å². The Labute approximate surface area is 87.4 Å². The molecule has 0 aliphatic heterocycles. The number of hydrogen-bond donors (Lipinski definition) is 1. The predicted molar refractivity (Wildman–Crippen MR) is 49.7 cm³/mol. The quantitative estimate of drug-likeness (QED) is 0.837. The number of hydrogen-bond acceptors (Lipinski definition) is 2. The summed E-state index contributed by atoms with van der Waals surface area (Å²) in [5.41, 5.74) is 4.87. The summed E-state index contributed by atoms with van der Waals surface area (Å²) < 4.78 is 37.1. The molecule has 2 nitrogen and oxygen atoms in total. The summed E-state index contributed by atoms with van der Waals surface area (Å²) in [5, 5.41) is 0. The number of rotatable bonds is 2. The fraction of sp³-hybridized carbons (Fsp3) is 0.375. The third-order valence-corrected chi connectivity index (χ3v) is 1.98. The van der Waals surface area contributed by atoms with Crippen LogP contribution >= 0.6 is 15.9 Å². The van der Waals surface area contributed by atoms with E-state index in [1.54, 1.807) is 0 Å². The van der Waals surface area contributed by atoms with E-state index in [4.69, 9.17) is 5.73 Å². The first-order valence-corrected chi connectivity index (χ1v) is 4.66. The van der Waals surface area contributed by atoms with Crippen LogP contribution in [0.2, 0.25) is 0 Å². The zero-order valence-corrected chi connectivity index (χ0v) is 8.69. The van der Waals surface area contributed by atoms with E-state index in [1.807, 2.05) is 0 Å². The van der Waals surface area contributed by atoms with Gasteiger partial charge in [0, 0.05) is 12.1 Å². The fourth-order valence-electron chi connectivity index (χ4n) is 0.991. The van der Waals surface area contributed by atoms with Crippen molar-refractivity contribution in [2.75, 3.05) is 6.54 Å². The summed E-state index contributed by atoms with van der Waals surface area (Å²) in [6, 6.07) is 1.96. The maximum atomic E-state index is 12.3. The Bertz CT molecular complexity index is 325. The van der Waals surface area contributed by atoms with Gasteiger partial charge < -0.3 is 5.73 Å². The molecule has 1 aromatic rings. The van der Waals surface area contributed by atoms with Crippen LogP contribution in [0.3, 0.4) is 0 Å². The molecule has 0 aromatic carbocycles. The average Bonchev–Trinajstić information content (AvgIpc) is 2.02. The molecule has 0 fully saturated rings. The van der Waals surface area contributed by atoms with Crippen LogP contribution in [0.1, 0.15) is 11.3 Å². The van der Waals surface area contributed by atoms with E-state index in [0.717, 1.165) is 12.1 Å². The Hall–Kier alpha value is -0.620. The lowest BCUT2D eigenvalue weighted by Crippen LogP contribution is -2.09. The highest BCUT2D eigenvalue weighted by Crippen LogP contribution is 2.30. The first-order valence-electron chi connectivity index (χ1n) is 3.87. The van der Waals surface area contributed by atoms with Gasteiger partial charge in [-0.3, -0.25) is 0 Å². The van der Waals surface area contributed by atoms with Crippen molar-refractivity contribution in [3.63, 3.8) is 0 Å². The van der Waals surface area contributed by atoms with Gasteiger partial charge in [-0.15, -0.1) is 0 Å². The van der Waals surface area contributed by atoms with Crippen molar-refractivity contribution < 1.29 is 13.2 Å². The van der Waals surface area contributed by atoms with E-state index in [1.165, 1.54) is 0 Å². The van der Waals surface area contributed by atoms with Crippen molar-refractivity contribution in [3.8, 4) is 0 Å². The Morgan fingerprint density at radius 2 is 2.00 bits per heavy atom. The van der Waals surface area contributed by atoms with Crippen LogP contribution in [-0.2, 0) is 12.6 Å². The average molecular weight is 269 g/mol. The van der Waals surface area contributed by atoms with Gasteiger partial charge in [0.1, 0.15) is 4.60 Å². The van der Waals surface area contributed by atoms with Crippen molar-refractivity contribution in [1.29, 1.82) is 0 Å². The highest BCUT2D eigenvalue weighted by Gasteiger charge is 2.31. The lowest BCUT2D eigenvalue weighted by Gasteiger charge is -2.08. The van der Waals surface area contributed by atoms with Crippen LogP contribution in [0, 0.1) is 0 Å². The van der Waals surface area contributed by atoms with E-state index < -0.39 is 11.7 Å². The number of pyridine rings is 1. The molecule has 0 aliphatic rings. The molecule has 78 valence electrons. The number of alkyl halides is 3. The number of aromatic nitrogens is 1. The first-order chi connectivity index (χ1) is 6.43. The molecule has 0 saturated carbocycles. The van der Waals surface area contributed by atoms with Crippen molar-refractivity contribution in [2.45, 2.75) is 12.6 Å². The lowest BCUT2D eigenvalue weighted by molar-refractivity contribution is -0.137. The van der Waals surface area contributed by atoms with Crippen LogP contribution in [0.5, 0.6) is 0 Å². The van der Waals surface area contributed by atoms with Gasteiger partial charge in [0.15, 0.2) is 0 Å². The first kappa shape index (κ1) is 11.5. The molecule has 14 heavy (non-hydrogen) atoms. The van der Waals surface area contributed by atoms with Gasteiger partial charge in [0.2, 0.25) is 0 Å². The third-order valence-electron chi connectivity index (χ3n) is 1.57. The minimum Gasteiger partial charge on any atom is -0.330 e. The molecule has 0 unspecified atom stereocenters. The van der Waals surface area contributed by atoms with E-state index in [0.29, 0.717) is 12.1 Å². The van der Waals surface area contributed by atoms with Crippen LogP contribution in [0.15, 0.2) is 16.7 Å². The second-order valence-corrected chi connectivity index (χ2v) is 3.52. The van der Waals surface area contributed by atoms with E-state index in [2.05, 4.69) is 20.9 Å². The molecule has 0 amide bonds. The molecule has 6 heteroatoms. The summed E-state index contributed by atoms with van der Waals surface area (Å²) in [4.78, 5) is 3.87. The largest absolute Gasteiger partial charge is 0.416 e. The molecule has 2 N–H and O–H groups in total. The van der Waals surface area contributed by atoms with E-state index in [-0.39, 0.29) is 11.1 Å². The van der Waals surface area contributed by atoms with Gasteiger partial charge in [0.05, 0.1) is 5.56 Å². The molecule has 0 aliphatic carbocycles. The molecule has 1 rings (SSSR count). The molecular weight excluding hydrogens is 261 g/mol. The van der Waals surface area contributed by atoms with Crippen molar-refractivity contribution in [3.05, 3.63) is 28.0 Å². The van der Waals surface area contributed by atoms with Gasteiger partial charge in [-0.1, -0.05) is 0 Å². The van der Waals surface area contributed by atoms with E-state index in [9.17, 15) is 13.2 Å². The maximum Gasteiger partial charge on any atom is 0.416 e. The van der Waals surface area contributed by atoms with Crippen molar-refractivity contribution in [2.24, 2.45) is 5.73 Å². The van der Waals surface area contributed by atoms with Gasteiger partial charge >= 0.3 is 6.18 Å². The fourth-order valence-corrected chi connectivity index (χ4v) is 1.47. The summed E-state index contributed by atoms with van der Waals surface area (Å²) in [5.74, 6) is 0. The Balaban J connectivity index is 3.07. The van der Waals surface area contributed by atoms with Crippen LogP contribution in [-0.4, -0.2) is 11.5 Å². The molecule has 0 radical (unpaired) electrons. The molecule has 1 heterocycles. The second kappa shape index (κ2) is 4.27. The van der Waals surface area contributed by atoms with Crippen molar-refractivity contribution in [1.82, 2.24) is 4.98 Å². The summed E-state index contributed by atoms with van der Waals surface area (Å²) in [7, 11) is 0. The highest BCUT2D eigenvalue weighted by molar-refractivity contribution is 9.10. The normalized spacial score (nSPS) is 11.8. The lowest BCUT2D eigenvalue weighted by atomic mass is 10.2. The summed E-state index contributed by atoms with van der Waals surface area (Å²) in [6.45, 7) is 0.279. The Morgan fingerprint density at radius 1 is 1.36 bits per heavy atom. The summed E-state index contributed by atoms with van der Waals surface area (Å²) in [6.07, 6.45) is -4.00. The van der Waals surface area contributed by atoms with Crippen LogP contribution in [0.4, 0.5) is 13.2 Å². The number of nitrogens with two attached hydrogens (primary N) is 1. The molecule has 0 spiro atoms. The maximum absolute atomic E-state index is 12.3. The zero-order valence-electron chi connectivity index (χ0n) is 7.11. The standard InChI is InChI=1S/C8H8BrF3N2/c9-7-4-5(8(10,11)12)3-6(14-7)1-2-13/h3-4H,1-2,13H2. The van der Waals surface area contributed by atoms with Gasteiger partial charge in [0.25, 0.3) is 0 Å². The Kier molecular flexibility index (Phi) is 3.49. The van der Waals surface area contributed by atoms with Gasteiger partial charge in [-0.05, 0) is 34.6 Å². The van der Waals surface area contributed by atoms with Crippen LogP contribution in [0.25, 0.3) is 0 Å². The minimum absolute atomic E-state index is 0.177.